The molecule has 1 N–H and O–H groups in total. The van der Waals surface area contributed by atoms with Crippen LogP contribution in [0.5, 0.6) is 0 Å². The molecule has 0 atom stereocenters. The van der Waals surface area contributed by atoms with Crippen LogP contribution in [-0.4, -0.2) is 61.8 Å². The first-order chi connectivity index (χ1) is 12.0. The number of thiophene rings is 1. The molecule has 0 spiro atoms. The molecule has 1 aromatic rings. The Morgan fingerprint density at radius 1 is 1.28 bits per heavy atom. The molecule has 2 fully saturated rings. The first kappa shape index (κ1) is 18.3. The molecule has 3 rings (SSSR count). The zero-order chi connectivity index (χ0) is 17.9. The highest BCUT2D eigenvalue weighted by Gasteiger charge is 2.36. The monoisotopic (exact) mass is 382 g/mol. The Labute approximate surface area is 152 Å². The summed E-state index contributed by atoms with van der Waals surface area (Å²) in [7, 11) is -3.42. The van der Waals surface area contributed by atoms with Crippen molar-refractivity contribution in [3.8, 4) is 6.07 Å². The molecule has 0 bridgehead atoms. The van der Waals surface area contributed by atoms with E-state index in [9.17, 15) is 18.5 Å². The van der Waals surface area contributed by atoms with Crippen LogP contribution in [0.1, 0.15) is 25.7 Å². The van der Waals surface area contributed by atoms with Crippen LogP contribution in [0.4, 0.5) is 0 Å². The molecule has 0 unspecified atom stereocenters. The Morgan fingerprint density at radius 2 is 1.96 bits per heavy atom. The van der Waals surface area contributed by atoms with Gasteiger partial charge in [0.15, 0.2) is 0 Å². The van der Waals surface area contributed by atoms with Gasteiger partial charge in [-0.15, -0.1) is 11.3 Å². The number of rotatable bonds is 5. The van der Waals surface area contributed by atoms with Crippen molar-refractivity contribution in [2.24, 2.45) is 0 Å². The third kappa shape index (κ3) is 4.03. The van der Waals surface area contributed by atoms with Gasteiger partial charge in [-0.25, -0.2) is 8.42 Å². The number of sulfonamides is 1. The van der Waals surface area contributed by atoms with E-state index in [1.807, 2.05) is 4.90 Å². The lowest BCUT2D eigenvalue weighted by molar-refractivity contribution is -0.123. The summed E-state index contributed by atoms with van der Waals surface area (Å²) >= 11 is 1.22. The van der Waals surface area contributed by atoms with Gasteiger partial charge in [0.2, 0.25) is 5.91 Å². The quantitative estimate of drug-likeness (QED) is 0.820. The largest absolute Gasteiger partial charge is 0.337 e. The molecule has 9 heteroatoms. The van der Waals surface area contributed by atoms with E-state index in [2.05, 4.69) is 11.4 Å². The smallest absolute Gasteiger partial charge is 0.252 e. The van der Waals surface area contributed by atoms with E-state index in [0.717, 1.165) is 12.8 Å². The van der Waals surface area contributed by atoms with Crippen LogP contribution in [0, 0.1) is 11.3 Å². The van der Waals surface area contributed by atoms with Crippen LogP contribution in [0.2, 0.25) is 0 Å². The highest BCUT2D eigenvalue weighted by molar-refractivity contribution is 7.91. The third-order valence-electron chi connectivity index (χ3n) is 4.84. The molecule has 1 amide bonds. The molecular formula is C16H22N4O3S2. The Morgan fingerprint density at radius 3 is 2.52 bits per heavy atom. The second-order valence-corrected chi connectivity index (χ2v) is 9.67. The minimum Gasteiger partial charge on any atom is -0.337 e. The van der Waals surface area contributed by atoms with Gasteiger partial charge in [0.05, 0.1) is 12.6 Å². The number of nitriles is 1. The van der Waals surface area contributed by atoms with E-state index in [1.165, 1.54) is 15.6 Å². The summed E-state index contributed by atoms with van der Waals surface area (Å²) in [6.45, 7) is 1.97. The Hall–Kier alpha value is -1.47. The molecule has 1 aromatic heterocycles. The molecular weight excluding hydrogens is 360 g/mol. The van der Waals surface area contributed by atoms with E-state index in [-0.39, 0.29) is 12.5 Å². The fraction of sp³-hybridized carbons (Fsp3) is 0.625. The number of hydrogen-bond donors (Lipinski definition) is 1. The van der Waals surface area contributed by atoms with Gasteiger partial charge in [0, 0.05) is 26.2 Å². The second kappa shape index (κ2) is 7.41. The lowest BCUT2D eigenvalue weighted by Crippen LogP contribution is -2.53. The summed E-state index contributed by atoms with van der Waals surface area (Å²) in [5.41, 5.74) is -0.707. The van der Waals surface area contributed by atoms with E-state index in [0.29, 0.717) is 43.2 Å². The van der Waals surface area contributed by atoms with Crippen LogP contribution in [0.15, 0.2) is 21.7 Å². The van der Waals surface area contributed by atoms with Gasteiger partial charge in [-0.3, -0.25) is 9.69 Å². The number of carbonyl (C=O) groups is 1. The molecule has 0 radical (unpaired) electrons. The first-order valence-electron chi connectivity index (χ1n) is 8.43. The summed E-state index contributed by atoms with van der Waals surface area (Å²) < 4.78 is 26.8. The average Bonchev–Trinajstić information content (AvgIpc) is 3.28. The van der Waals surface area contributed by atoms with Crippen LogP contribution in [0.3, 0.4) is 0 Å². The van der Waals surface area contributed by atoms with Gasteiger partial charge in [-0.05, 0) is 37.1 Å². The van der Waals surface area contributed by atoms with Crippen LogP contribution in [0.25, 0.3) is 0 Å². The Kier molecular flexibility index (Phi) is 5.43. The van der Waals surface area contributed by atoms with E-state index in [1.54, 1.807) is 17.5 Å². The molecule has 1 saturated heterocycles. The average molecular weight is 383 g/mol. The van der Waals surface area contributed by atoms with E-state index < -0.39 is 15.6 Å². The molecule has 1 aliphatic carbocycles. The number of carbonyl (C=O) groups excluding carboxylic acids is 1. The zero-order valence-electron chi connectivity index (χ0n) is 14.0. The van der Waals surface area contributed by atoms with Gasteiger partial charge in [0.1, 0.15) is 9.75 Å². The SMILES string of the molecule is N#CC1(NC(=O)CN2CCN(S(=O)(=O)c3cccs3)CC2)CCCC1. The van der Waals surface area contributed by atoms with Crippen molar-refractivity contribution in [3.63, 3.8) is 0 Å². The van der Waals surface area contributed by atoms with Crippen molar-refractivity contribution < 1.29 is 13.2 Å². The zero-order valence-corrected chi connectivity index (χ0v) is 15.6. The van der Waals surface area contributed by atoms with Crippen LogP contribution >= 0.6 is 11.3 Å². The summed E-state index contributed by atoms with van der Waals surface area (Å²) in [5.74, 6) is -0.155. The minimum absolute atomic E-state index is 0.155. The Bertz CT molecular complexity index is 741. The van der Waals surface area contributed by atoms with Crippen molar-refractivity contribution in [2.75, 3.05) is 32.7 Å². The normalized spacial score (nSPS) is 21.7. The van der Waals surface area contributed by atoms with Gasteiger partial charge in [0.25, 0.3) is 10.0 Å². The molecule has 136 valence electrons. The number of piperazine rings is 1. The van der Waals surface area contributed by atoms with Gasteiger partial charge >= 0.3 is 0 Å². The summed E-state index contributed by atoms with van der Waals surface area (Å²) in [6, 6.07) is 5.59. The van der Waals surface area contributed by atoms with E-state index >= 15 is 0 Å². The molecule has 2 aliphatic rings. The molecule has 1 saturated carbocycles. The standard InChI is InChI=1S/C16H22N4O3S2/c17-13-16(5-1-2-6-16)18-14(21)12-19-7-9-20(10-8-19)25(22,23)15-4-3-11-24-15/h3-4,11H,1-2,5-10,12H2,(H,18,21). The maximum absolute atomic E-state index is 12.5. The molecule has 1 aliphatic heterocycles. The molecule has 25 heavy (non-hydrogen) atoms. The maximum Gasteiger partial charge on any atom is 0.252 e. The van der Waals surface area contributed by atoms with Crippen LogP contribution < -0.4 is 5.32 Å². The van der Waals surface area contributed by atoms with Gasteiger partial charge in [-0.2, -0.15) is 9.57 Å². The predicted octanol–water partition coefficient (Wildman–Crippen LogP) is 1.01. The van der Waals surface area contributed by atoms with E-state index in [4.69, 9.17) is 0 Å². The summed E-state index contributed by atoms with van der Waals surface area (Å²) in [5, 5.41) is 14.0. The fourth-order valence-electron chi connectivity index (χ4n) is 3.42. The molecule has 7 nitrogen and oxygen atoms in total. The summed E-state index contributed by atoms with van der Waals surface area (Å²) in [4.78, 5) is 14.2. The second-order valence-electron chi connectivity index (χ2n) is 6.56. The highest BCUT2D eigenvalue weighted by atomic mass is 32.2. The third-order valence-corrected chi connectivity index (χ3v) is 8.11. The van der Waals surface area contributed by atoms with Gasteiger partial charge in [-0.1, -0.05) is 6.07 Å². The molecule has 2 heterocycles. The van der Waals surface area contributed by atoms with Gasteiger partial charge < -0.3 is 5.32 Å². The van der Waals surface area contributed by atoms with Crippen molar-refractivity contribution in [1.29, 1.82) is 5.26 Å². The minimum atomic E-state index is -3.42. The van der Waals surface area contributed by atoms with Crippen molar-refractivity contribution in [3.05, 3.63) is 17.5 Å². The Balaban J connectivity index is 1.51. The van der Waals surface area contributed by atoms with Crippen LogP contribution in [-0.2, 0) is 14.8 Å². The maximum atomic E-state index is 12.5. The lowest BCUT2D eigenvalue weighted by atomic mass is 10.00. The summed E-state index contributed by atoms with van der Waals surface area (Å²) in [6.07, 6.45) is 3.35. The topological polar surface area (TPSA) is 93.5 Å². The molecule has 0 aromatic carbocycles. The fourth-order valence-corrected chi connectivity index (χ4v) is 5.99. The number of hydrogen-bond acceptors (Lipinski definition) is 6. The first-order valence-corrected chi connectivity index (χ1v) is 10.8. The number of nitrogens with one attached hydrogen (secondary N) is 1. The lowest BCUT2D eigenvalue weighted by Gasteiger charge is -2.33. The van der Waals surface area contributed by atoms with Crippen molar-refractivity contribution in [1.82, 2.24) is 14.5 Å². The van der Waals surface area contributed by atoms with Crippen molar-refractivity contribution >= 4 is 27.3 Å². The predicted molar refractivity (Wildman–Crippen MR) is 94.5 cm³/mol. The van der Waals surface area contributed by atoms with Crippen molar-refractivity contribution in [2.45, 2.75) is 35.4 Å². The number of nitrogens with zero attached hydrogens (tertiary/aromatic N) is 3. The highest BCUT2D eigenvalue weighted by Crippen LogP contribution is 2.28. The number of amides is 1.